The number of aromatic nitrogens is 1. The van der Waals surface area contributed by atoms with E-state index >= 15 is 0 Å². The number of nitrogens with zero attached hydrogens (tertiary/aromatic N) is 1. The van der Waals surface area contributed by atoms with E-state index in [1.807, 2.05) is 38.1 Å². The monoisotopic (exact) mass is 278 g/mol. The summed E-state index contributed by atoms with van der Waals surface area (Å²) in [4.78, 5) is 4.33. The molecule has 0 spiro atoms. The zero-order chi connectivity index (χ0) is 13.8. The average molecular weight is 278 g/mol. The Morgan fingerprint density at radius 1 is 1.37 bits per heavy atom. The Morgan fingerprint density at radius 3 is 2.74 bits per heavy atom. The topological polar surface area (TPSA) is 61.3 Å². The van der Waals surface area contributed by atoms with Crippen LogP contribution in [0.1, 0.15) is 23.1 Å². The molecule has 1 unspecified atom stereocenters. The molecule has 0 bridgehead atoms. The van der Waals surface area contributed by atoms with Gasteiger partial charge in [-0.3, -0.25) is 0 Å². The molecule has 2 rings (SSSR count). The molecule has 4 nitrogen and oxygen atoms in total. The Bertz CT molecular complexity index is 535. The number of ether oxygens (including phenoxy) is 1. The maximum absolute atomic E-state index is 6.19. The minimum absolute atomic E-state index is 0.117. The number of para-hydroxylation sites is 1. The van der Waals surface area contributed by atoms with Crippen molar-refractivity contribution in [2.24, 2.45) is 5.73 Å². The van der Waals surface area contributed by atoms with Crippen molar-refractivity contribution in [1.29, 1.82) is 0 Å². The molecule has 2 N–H and O–H groups in total. The summed E-state index contributed by atoms with van der Waals surface area (Å²) in [6.07, 6.45) is 0. The SMILES string of the molecule is COc1ccccc1C(N)CSc1nc(C)c(C)o1. The van der Waals surface area contributed by atoms with Gasteiger partial charge in [-0.2, -0.15) is 0 Å². The highest BCUT2D eigenvalue weighted by molar-refractivity contribution is 7.99. The van der Waals surface area contributed by atoms with Crippen LogP contribution in [0, 0.1) is 13.8 Å². The highest BCUT2D eigenvalue weighted by Crippen LogP contribution is 2.28. The second-order valence-corrected chi connectivity index (χ2v) is 5.25. The molecule has 0 aliphatic carbocycles. The fraction of sp³-hybridized carbons (Fsp3) is 0.357. The Morgan fingerprint density at radius 2 is 2.11 bits per heavy atom. The summed E-state index contributed by atoms with van der Waals surface area (Å²) in [6, 6.07) is 7.67. The van der Waals surface area contributed by atoms with Crippen molar-refractivity contribution in [2.45, 2.75) is 25.1 Å². The van der Waals surface area contributed by atoms with Gasteiger partial charge in [0.05, 0.1) is 12.8 Å². The second-order valence-electron chi connectivity index (χ2n) is 4.28. The molecule has 0 amide bonds. The van der Waals surface area contributed by atoms with Gasteiger partial charge in [0.15, 0.2) is 0 Å². The first-order chi connectivity index (χ1) is 9.11. The third-order valence-electron chi connectivity index (χ3n) is 2.93. The standard InChI is InChI=1S/C14H18N2O2S/c1-9-10(2)18-14(16-9)19-8-12(15)11-6-4-5-7-13(11)17-3/h4-7,12H,8,15H2,1-3H3. The van der Waals surface area contributed by atoms with E-state index in [1.54, 1.807) is 7.11 Å². The van der Waals surface area contributed by atoms with Crippen LogP contribution in [0.15, 0.2) is 33.9 Å². The van der Waals surface area contributed by atoms with Gasteiger partial charge in [-0.05, 0) is 19.9 Å². The lowest BCUT2D eigenvalue weighted by molar-refractivity contribution is 0.407. The van der Waals surface area contributed by atoms with Gasteiger partial charge in [-0.15, -0.1) is 0 Å². The van der Waals surface area contributed by atoms with Crippen molar-refractivity contribution in [3.63, 3.8) is 0 Å². The molecular weight excluding hydrogens is 260 g/mol. The number of methoxy groups -OCH3 is 1. The third kappa shape index (κ3) is 3.30. The smallest absolute Gasteiger partial charge is 0.256 e. The molecule has 0 saturated heterocycles. The Balaban J connectivity index is 2.03. The van der Waals surface area contributed by atoms with Gasteiger partial charge in [0.1, 0.15) is 11.5 Å². The number of hydrogen-bond acceptors (Lipinski definition) is 5. The fourth-order valence-corrected chi connectivity index (χ4v) is 2.62. The van der Waals surface area contributed by atoms with Gasteiger partial charge in [0.25, 0.3) is 5.22 Å². The molecule has 5 heteroatoms. The van der Waals surface area contributed by atoms with Crippen molar-refractivity contribution < 1.29 is 9.15 Å². The van der Waals surface area contributed by atoms with Gasteiger partial charge in [0.2, 0.25) is 0 Å². The van der Waals surface area contributed by atoms with Crippen LogP contribution in [-0.4, -0.2) is 17.8 Å². The van der Waals surface area contributed by atoms with E-state index < -0.39 is 0 Å². The molecular formula is C14H18N2O2S. The van der Waals surface area contributed by atoms with Gasteiger partial charge < -0.3 is 14.9 Å². The van der Waals surface area contributed by atoms with Crippen LogP contribution in [-0.2, 0) is 0 Å². The van der Waals surface area contributed by atoms with Gasteiger partial charge >= 0.3 is 0 Å². The quantitative estimate of drug-likeness (QED) is 0.852. The minimum atomic E-state index is -0.117. The third-order valence-corrected chi connectivity index (χ3v) is 3.88. The molecule has 1 aromatic heterocycles. The van der Waals surface area contributed by atoms with E-state index in [4.69, 9.17) is 14.9 Å². The molecule has 1 heterocycles. The van der Waals surface area contributed by atoms with Crippen LogP contribution in [0.4, 0.5) is 0 Å². The Hall–Kier alpha value is -1.46. The van der Waals surface area contributed by atoms with E-state index in [0.717, 1.165) is 22.8 Å². The van der Waals surface area contributed by atoms with Crippen LogP contribution < -0.4 is 10.5 Å². The number of oxazole rings is 1. The first-order valence-corrected chi connectivity index (χ1v) is 7.05. The molecule has 0 aliphatic heterocycles. The highest BCUT2D eigenvalue weighted by Gasteiger charge is 2.14. The molecule has 2 aromatic rings. The summed E-state index contributed by atoms with van der Waals surface area (Å²) in [6.45, 7) is 3.84. The number of nitrogens with two attached hydrogens (primary N) is 1. The molecule has 19 heavy (non-hydrogen) atoms. The largest absolute Gasteiger partial charge is 0.496 e. The van der Waals surface area contributed by atoms with Crippen molar-refractivity contribution >= 4 is 11.8 Å². The summed E-state index contributed by atoms with van der Waals surface area (Å²) in [7, 11) is 1.65. The minimum Gasteiger partial charge on any atom is -0.496 e. The number of hydrogen-bond donors (Lipinski definition) is 1. The predicted molar refractivity (Wildman–Crippen MR) is 76.6 cm³/mol. The summed E-state index contributed by atoms with van der Waals surface area (Å²) in [5.74, 6) is 2.36. The molecule has 1 aromatic carbocycles. The summed E-state index contributed by atoms with van der Waals surface area (Å²) in [5.41, 5.74) is 8.12. The molecule has 0 saturated carbocycles. The molecule has 102 valence electrons. The lowest BCUT2D eigenvalue weighted by Crippen LogP contribution is -2.14. The average Bonchev–Trinajstić information content (AvgIpc) is 2.75. The number of aryl methyl sites for hydroxylation is 2. The second kappa shape index (κ2) is 6.12. The van der Waals surface area contributed by atoms with Crippen LogP contribution in [0.5, 0.6) is 5.75 Å². The van der Waals surface area contributed by atoms with Crippen molar-refractivity contribution in [3.05, 3.63) is 41.3 Å². The Labute approximate surface area is 117 Å². The van der Waals surface area contributed by atoms with Gasteiger partial charge in [-0.25, -0.2) is 4.98 Å². The molecule has 0 aliphatic rings. The summed E-state index contributed by atoms with van der Waals surface area (Å²) >= 11 is 1.52. The van der Waals surface area contributed by atoms with Crippen LogP contribution >= 0.6 is 11.8 Å². The van der Waals surface area contributed by atoms with Crippen LogP contribution in [0.2, 0.25) is 0 Å². The summed E-state index contributed by atoms with van der Waals surface area (Å²) < 4.78 is 10.8. The number of rotatable bonds is 5. The van der Waals surface area contributed by atoms with Gasteiger partial charge in [0, 0.05) is 17.4 Å². The van der Waals surface area contributed by atoms with Crippen molar-refractivity contribution in [2.75, 3.05) is 12.9 Å². The van der Waals surface area contributed by atoms with E-state index in [-0.39, 0.29) is 6.04 Å². The van der Waals surface area contributed by atoms with Crippen LogP contribution in [0.25, 0.3) is 0 Å². The zero-order valence-corrected chi connectivity index (χ0v) is 12.2. The maximum atomic E-state index is 6.19. The molecule has 1 atom stereocenters. The lowest BCUT2D eigenvalue weighted by atomic mass is 10.1. The normalized spacial score (nSPS) is 12.4. The van der Waals surface area contributed by atoms with E-state index in [0.29, 0.717) is 11.0 Å². The fourth-order valence-electron chi connectivity index (χ4n) is 1.73. The van der Waals surface area contributed by atoms with Gasteiger partial charge in [-0.1, -0.05) is 30.0 Å². The van der Waals surface area contributed by atoms with Crippen molar-refractivity contribution in [3.8, 4) is 5.75 Å². The molecule has 0 fully saturated rings. The Kier molecular flexibility index (Phi) is 4.50. The number of thioether (sulfide) groups is 1. The van der Waals surface area contributed by atoms with Crippen molar-refractivity contribution in [1.82, 2.24) is 4.98 Å². The molecule has 0 radical (unpaired) electrons. The van der Waals surface area contributed by atoms with E-state index in [9.17, 15) is 0 Å². The van der Waals surface area contributed by atoms with E-state index in [2.05, 4.69) is 4.98 Å². The van der Waals surface area contributed by atoms with Crippen LogP contribution in [0.3, 0.4) is 0 Å². The lowest BCUT2D eigenvalue weighted by Gasteiger charge is -2.14. The first-order valence-electron chi connectivity index (χ1n) is 6.07. The summed E-state index contributed by atoms with van der Waals surface area (Å²) in [5, 5.41) is 0.667. The zero-order valence-electron chi connectivity index (χ0n) is 11.3. The predicted octanol–water partition coefficient (Wildman–Crippen LogP) is 3.09. The maximum Gasteiger partial charge on any atom is 0.256 e. The first kappa shape index (κ1) is 14.0. The number of benzene rings is 1. The highest BCUT2D eigenvalue weighted by atomic mass is 32.2. The van der Waals surface area contributed by atoms with E-state index in [1.165, 1.54) is 11.8 Å².